The van der Waals surface area contributed by atoms with Gasteiger partial charge in [0.05, 0.1) is 18.9 Å². The van der Waals surface area contributed by atoms with E-state index in [0.29, 0.717) is 18.6 Å². The molecule has 1 aliphatic rings. The van der Waals surface area contributed by atoms with Gasteiger partial charge < -0.3 is 9.84 Å². The number of aryl methyl sites for hydroxylation is 1. The molecule has 1 aromatic rings. The van der Waals surface area contributed by atoms with Crippen LogP contribution in [0, 0.1) is 5.92 Å². The number of aliphatic hydroxyl groups excluding tert-OH is 1. The molecule has 1 heterocycles. The standard InChI is InChI=1S/C13H22N2O2/c1-15-9-12(8-14-15)6-7-17-13-4-2-11(10-16)3-5-13/h8-9,11,13,16H,2-7,10H2,1H3. The minimum absolute atomic E-state index is 0.336. The minimum atomic E-state index is 0.336. The molecule has 1 aliphatic carbocycles. The molecule has 4 heteroatoms. The molecule has 1 aromatic heterocycles. The molecular weight excluding hydrogens is 216 g/mol. The van der Waals surface area contributed by atoms with Crippen LogP contribution in [0.1, 0.15) is 31.2 Å². The van der Waals surface area contributed by atoms with Gasteiger partial charge in [0.15, 0.2) is 0 Å². The second kappa shape index (κ2) is 6.17. The third kappa shape index (κ3) is 3.82. The van der Waals surface area contributed by atoms with Crippen LogP contribution in [0.5, 0.6) is 0 Å². The smallest absolute Gasteiger partial charge is 0.0575 e. The van der Waals surface area contributed by atoms with Gasteiger partial charge in [0.1, 0.15) is 0 Å². The lowest BCUT2D eigenvalue weighted by Gasteiger charge is -2.27. The SMILES string of the molecule is Cn1cc(CCOC2CCC(CO)CC2)cn1. The Morgan fingerprint density at radius 2 is 2.18 bits per heavy atom. The van der Waals surface area contributed by atoms with Crippen molar-refractivity contribution in [2.75, 3.05) is 13.2 Å². The van der Waals surface area contributed by atoms with Gasteiger partial charge in [-0.2, -0.15) is 5.10 Å². The van der Waals surface area contributed by atoms with Crippen molar-refractivity contribution in [3.8, 4) is 0 Å². The van der Waals surface area contributed by atoms with Crippen molar-refractivity contribution in [2.45, 2.75) is 38.2 Å². The lowest BCUT2D eigenvalue weighted by Crippen LogP contribution is -2.24. The highest BCUT2D eigenvalue weighted by molar-refractivity contribution is 5.03. The summed E-state index contributed by atoms with van der Waals surface area (Å²) in [5.41, 5.74) is 1.23. The zero-order chi connectivity index (χ0) is 12.1. The second-order valence-electron chi connectivity index (χ2n) is 4.97. The van der Waals surface area contributed by atoms with Crippen molar-refractivity contribution in [3.63, 3.8) is 0 Å². The fourth-order valence-corrected chi connectivity index (χ4v) is 2.43. The van der Waals surface area contributed by atoms with Gasteiger partial charge in [0.25, 0.3) is 0 Å². The Morgan fingerprint density at radius 1 is 1.41 bits per heavy atom. The first-order valence-corrected chi connectivity index (χ1v) is 6.48. The molecule has 0 radical (unpaired) electrons. The van der Waals surface area contributed by atoms with Gasteiger partial charge in [-0.15, -0.1) is 0 Å². The molecule has 0 saturated heterocycles. The van der Waals surface area contributed by atoms with E-state index in [1.165, 1.54) is 5.56 Å². The summed E-state index contributed by atoms with van der Waals surface area (Å²) in [7, 11) is 1.93. The zero-order valence-electron chi connectivity index (χ0n) is 10.5. The van der Waals surface area contributed by atoms with Crippen molar-refractivity contribution < 1.29 is 9.84 Å². The molecule has 0 unspecified atom stereocenters. The van der Waals surface area contributed by atoms with E-state index in [1.54, 1.807) is 0 Å². The molecule has 1 N–H and O–H groups in total. The average Bonchev–Trinajstić information content (AvgIpc) is 2.76. The Hall–Kier alpha value is -0.870. The van der Waals surface area contributed by atoms with Crippen LogP contribution in [0.25, 0.3) is 0 Å². The first-order chi connectivity index (χ1) is 8.28. The van der Waals surface area contributed by atoms with Crippen molar-refractivity contribution >= 4 is 0 Å². The lowest BCUT2D eigenvalue weighted by atomic mass is 9.88. The van der Waals surface area contributed by atoms with Crippen LogP contribution in [-0.2, 0) is 18.2 Å². The molecule has 0 spiro atoms. The van der Waals surface area contributed by atoms with Crippen LogP contribution in [0.15, 0.2) is 12.4 Å². The van der Waals surface area contributed by atoms with Crippen molar-refractivity contribution in [1.29, 1.82) is 0 Å². The number of hydrogen-bond donors (Lipinski definition) is 1. The van der Waals surface area contributed by atoms with Gasteiger partial charge in [0.2, 0.25) is 0 Å². The minimum Gasteiger partial charge on any atom is -0.396 e. The number of aromatic nitrogens is 2. The first-order valence-electron chi connectivity index (χ1n) is 6.48. The third-order valence-electron chi connectivity index (χ3n) is 3.55. The summed E-state index contributed by atoms with van der Waals surface area (Å²) in [6.45, 7) is 1.11. The van der Waals surface area contributed by atoms with E-state index >= 15 is 0 Å². The maximum atomic E-state index is 9.05. The number of ether oxygens (including phenoxy) is 1. The molecule has 0 amide bonds. The summed E-state index contributed by atoms with van der Waals surface area (Å²) in [6.07, 6.45) is 9.67. The summed E-state index contributed by atoms with van der Waals surface area (Å²) in [5.74, 6) is 0.508. The average molecular weight is 238 g/mol. The lowest BCUT2D eigenvalue weighted by molar-refractivity contribution is 0.0129. The fraction of sp³-hybridized carbons (Fsp3) is 0.769. The summed E-state index contributed by atoms with van der Waals surface area (Å²) in [4.78, 5) is 0. The maximum absolute atomic E-state index is 9.05. The van der Waals surface area contributed by atoms with Crippen LogP contribution in [0.3, 0.4) is 0 Å². The predicted octanol–water partition coefficient (Wildman–Crippen LogP) is 1.53. The van der Waals surface area contributed by atoms with Crippen LogP contribution < -0.4 is 0 Å². The second-order valence-corrected chi connectivity index (χ2v) is 4.97. The summed E-state index contributed by atoms with van der Waals surface area (Å²) >= 11 is 0. The molecule has 4 nitrogen and oxygen atoms in total. The maximum Gasteiger partial charge on any atom is 0.0575 e. The van der Waals surface area contributed by atoms with Crippen molar-refractivity contribution in [1.82, 2.24) is 9.78 Å². The van der Waals surface area contributed by atoms with Gasteiger partial charge in [0, 0.05) is 19.9 Å². The molecule has 0 aromatic carbocycles. The molecule has 96 valence electrons. The molecule has 2 rings (SSSR count). The molecule has 1 saturated carbocycles. The van der Waals surface area contributed by atoms with E-state index in [2.05, 4.69) is 5.10 Å². The first kappa shape index (κ1) is 12.6. The number of hydrogen-bond acceptors (Lipinski definition) is 3. The molecule has 1 fully saturated rings. The highest BCUT2D eigenvalue weighted by Gasteiger charge is 2.20. The highest BCUT2D eigenvalue weighted by Crippen LogP contribution is 2.25. The quantitative estimate of drug-likeness (QED) is 0.846. The zero-order valence-corrected chi connectivity index (χ0v) is 10.5. The largest absolute Gasteiger partial charge is 0.396 e. The van der Waals surface area contributed by atoms with Crippen molar-refractivity contribution in [3.05, 3.63) is 18.0 Å². The molecule has 0 bridgehead atoms. The van der Waals surface area contributed by atoms with Gasteiger partial charge in [-0.05, 0) is 43.6 Å². The number of aliphatic hydroxyl groups is 1. The Labute approximate surface area is 103 Å². The monoisotopic (exact) mass is 238 g/mol. The van der Waals surface area contributed by atoms with E-state index in [4.69, 9.17) is 9.84 Å². The van der Waals surface area contributed by atoms with E-state index < -0.39 is 0 Å². The summed E-state index contributed by atoms with van der Waals surface area (Å²) in [6, 6.07) is 0. The van der Waals surface area contributed by atoms with Crippen molar-refractivity contribution in [2.24, 2.45) is 13.0 Å². The van der Waals surface area contributed by atoms with Crippen LogP contribution >= 0.6 is 0 Å². The third-order valence-corrected chi connectivity index (χ3v) is 3.55. The van der Waals surface area contributed by atoms with Gasteiger partial charge in [-0.3, -0.25) is 4.68 Å². The number of nitrogens with zero attached hydrogens (tertiary/aromatic N) is 2. The molecule has 0 atom stereocenters. The summed E-state index contributed by atoms with van der Waals surface area (Å²) in [5, 5.41) is 13.2. The van der Waals surface area contributed by atoms with Gasteiger partial charge in [-0.1, -0.05) is 0 Å². The van der Waals surface area contributed by atoms with Gasteiger partial charge in [-0.25, -0.2) is 0 Å². The van der Waals surface area contributed by atoms with E-state index in [9.17, 15) is 0 Å². The Balaban J connectivity index is 1.63. The normalized spacial score (nSPS) is 25.1. The van der Waals surface area contributed by atoms with E-state index in [-0.39, 0.29) is 0 Å². The molecular formula is C13H22N2O2. The molecule has 0 aliphatic heterocycles. The summed E-state index contributed by atoms with van der Waals surface area (Å²) < 4.78 is 7.69. The topological polar surface area (TPSA) is 47.3 Å². The highest BCUT2D eigenvalue weighted by atomic mass is 16.5. The predicted molar refractivity (Wildman–Crippen MR) is 65.7 cm³/mol. The fourth-order valence-electron chi connectivity index (χ4n) is 2.43. The van der Waals surface area contributed by atoms with Crippen LogP contribution in [0.2, 0.25) is 0 Å². The Kier molecular flexibility index (Phi) is 4.57. The Bertz CT molecular complexity index is 330. The van der Waals surface area contributed by atoms with E-state index in [0.717, 1.165) is 38.7 Å². The Morgan fingerprint density at radius 3 is 2.76 bits per heavy atom. The van der Waals surface area contributed by atoms with E-state index in [1.807, 2.05) is 24.1 Å². The van der Waals surface area contributed by atoms with Crippen LogP contribution in [0.4, 0.5) is 0 Å². The number of rotatable bonds is 5. The molecule has 17 heavy (non-hydrogen) atoms. The van der Waals surface area contributed by atoms with Gasteiger partial charge >= 0.3 is 0 Å². The van der Waals surface area contributed by atoms with Crippen LogP contribution in [-0.4, -0.2) is 34.2 Å².